The van der Waals surface area contributed by atoms with E-state index in [1.807, 2.05) is 6.92 Å². The Kier molecular flexibility index (Phi) is 5.51. The number of nitrogens with zero attached hydrogens (tertiary/aromatic N) is 3. The van der Waals surface area contributed by atoms with Gasteiger partial charge in [-0.3, -0.25) is 9.47 Å². The quantitative estimate of drug-likeness (QED) is 0.500. The molecule has 1 aromatic heterocycles. The van der Waals surface area contributed by atoms with Gasteiger partial charge in [0.1, 0.15) is 0 Å². The molecule has 0 radical (unpaired) electrons. The van der Waals surface area contributed by atoms with Crippen molar-refractivity contribution in [3.05, 3.63) is 60.2 Å². The number of hydrogen-bond acceptors (Lipinski definition) is 3. The van der Waals surface area contributed by atoms with Gasteiger partial charge in [-0.05, 0) is 69.2 Å². The van der Waals surface area contributed by atoms with Crippen LogP contribution in [-0.2, 0) is 0 Å². The number of fused-ring (bicyclic) bond motifs is 3. The summed E-state index contributed by atoms with van der Waals surface area (Å²) >= 11 is 0. The van der Waals surface area contributed by atoms with Crippen LogP contribution in [0.4, 0.5) is 0 Å². The number of ether oxygens (including phenoxy) is 1. The normalized spacial score (nSPS) is 24.9. The van der Waals surface area contributed by atoms with Crippen molar-refractivity contribution in [2.24, 2.45) is 0 Å². The number of imidazole rings is 1. The van der Waals surface area contributed by atoms with Gasteiger partial charge in [0.05, 0.1) is 17.6 Å². The maximum Gasteiger partial charge on any atom is 0.297 e. The standard InChI is InChI=1S/C26H33N3O/c1-3-30-26-27-24-11-7-8-12-25(24)29(26)23-17-21-13-14-22(18-23)28(21)16-15-19(2)20-9-5-4-6-10-20/h4-12,19,21-23H,3,13-18H2,1-2H3. The molecular weight excluding hydrogens is 370 g/mol. The number of hydrogen-bond donors (Lipinski definition) is 0. The largest absolute Gasteiger partial charge is 0.465 e. The Bertz CT molecular complexity index is 968. The van der Waals surface area contributed by atoms with Crippen LogP contribution in [0, 0.1) is 0 Å². The predicted octanol–water partition coefficient (Wildman–Crippen LogP) is 5.80. The van der Waals surface area contributed by atoms with Crippen molar-refractivity contribution < 1.29 is 4.74 Å². The van der Waals surface area contributed by atoms with Crippen LogP contribution in [0.3, 0.4) is 0 Å². The average Bonchev–Trinajstić information content (AvgIpc) is 3.25. The van der Waals surface area contributed by atoms with E-state index in [1.165, 1.54) is 49.7 Å². The fraction of sp³-hybridized carbons (Fsp3) is 0.500. The summed E-state index contributed by atoms with van der Waals surface area (Å²) in [5.41, 5.74) is 3.73. The summed E-state index contributed by atoms with van der Waals surface area (Å²) < 4.78 is 8.36. The molecule has 3 atom stereocenters. The molecule has 158 valence electrons. The van der Waals surface area contributed by atoms with Gasteiger partial charge < -0.3 is 4.74 Å². The third-order valence-corrected chi connectivity index (χ3v) is 7.25. The number of rotatable bonds is 7. The smallest absolute Gasteiger partial charge is 0.297 e. The van der Waals surface area contributed by atoms with Crippen LogP contribution < -0.4 is 4.74 Å². The minimum atomic E-state index is 0.485. The van der Waals surface area contributed by atoms with Gasteiger partial charge in [-0.15, -0.1) is 0 Å². The molecule has 30 heavy (non-hydrogen) atoms. The Morgan fingerprint density at radius 3 is 2.40 bits per heavy atom. The van der Waals surface area contributed by atoms with E-state index in [9.17, 15) is 0 Å². The van der Waals surface area contributed by atoms with Crippen LogP contribution >= 0.6 is 0 Å². The molecule has 0 saturated carbocycles. The first-order valence-electron chi connectivity index (χ1n) is 11.6. The van der Waals surface area contributed by atoms with Crippen molar-refractivity contribution in [2.75, 3.05) is 13.2 Å². The first kappa shape index (κ1) is 19.6. The summed E-state index contributed by atoms with van der Waals surface area (Å²) in [4.78, 5) is 7.60. The monoisotopic (exact) mass is 403 g/mol. The summed E-state index contributed by atoms with van der Waals surface area (Å²) in [7, 11) is 0. The highest BCUT2D eigenvalue weighted by atomic mass is 16.5. The number of benzene rings is 2. The highest BCUT2D eigenvalue weighted by Gasteiger charge is 2.42. The molecule has 0 N–H and O–H groups in total. The molecule has 2 aliphatic rings. The third kappa shape index (κ3) is 3.62. The SMILES string of the molecule is CCOc1nc2ccccc2n1C1CC2CCC(C1)N2CCC(C)c1ccccc1. The van der Waals surface area contributed by atoms with E-state index in [1.54, 1.807) is 0 Å². The molecule has 2 saturated heterocycles. The van der Waals surface area contributed by atoms with E-state index in [0.29, 0.717) is 30.7 Å². The van der Waals surface area contributed by atoms with Gasteiger partial charge in [0, 0.05) is 18.1 Å². The lowest BCUT2D eigenvalue weighted by Gasteiger charge is -2.40. The summed E-state index contributed by atoms with van der Waals surface area (Å²) in [5.74, 6) is 0.616. The van der Waals surface area contributed by atoms with Crippen LogP contribution in [0.15, 0.2) is 54.6 Å². The molecule has 5 rings (SSSR count). The Morgan fingerprint density at radius 2 is 1.67 bits per heavy atom. The van der Waals surface area contributed by atoms with Gasteiger partial charge in [-0.25, -0.2) is 0 Å². The fourth-order valence-corrected chi connectivity index (χ4v) is 5.72. The second-order valence-electron chi connectivity index (χ2n) is 9.03. The van der Waals surface area contributed by atoms with Crippen LogP contribution in [0.1, 0.15) is 63.5 Å². The maximum atomic E-state index is 5.96. The van der Waals surface area contributed by atoms with Crippen molar-refractivity contribution >= 4 is 11.0 Å². The van der Waals surface area contributed by atoms with Crippen molar-refractivity contribution in [1.29, 1.82) is 0 Å². The number of piperidine rings is 1. The lowest BCUT2D eigenvalue weighted by atomic mass is 9.94. The average molecular weight is 404 g/mol. The minimum Gasteiger partial charge on any atom is -0.465 e. The van der Waals surface area contributed by atoms with Crippen molar-refractivity contribution in [1.82, 2.24) is 14.5 Å². The summed E-state index contributed by atoms with van der Waals surface area (Å²) in [6.07, 6.45) is 6.31. The Morgan fingerprint density at radius 1 is 0.967 bits per heavy atom. The zero-order valence-corrected chi connectivity index (χ0v) is 18.2. The zero-order valence-electron chi connectivity index (χ0n) is 18.2. The lowest BCUT2D eigenvalue weighted by molar-refractivity contribution is 0.101. The molecule has 3 heterocycles. The van der Waals surface area contributed by atoms with E-state index in [4.69, 9.17) is 9.72 Å². The second kappa shape index (κ2) is 8.43. The van der Waals surface area contributed by atoms with Gasteiger partial charge in [0.25, 0.3) is 6.01 Å². The van der Waals surface area contributed by atoms with E-state index in [0.717, 1.165) is 11.5 Å². The molecule has 4 nitrogen and oxygen atoms in total. The molecule has 2 aliphatic heterocycles. The van der Waals surface area contributed by atoms with Gasteiger partial charge in [-0.2, -0.15) is 4.98 Å². The minimum absolute atomic E-state index is 0.485. The highest BCUT2D eigenvalue weighted by Crippen LogP contribution is 2.43. The molecule has 0 aliphatic carbocycles. The van der Waals surface area contributed by atoms with E-state index in [-0.39, 0.29) is 0 Å². The molecule has 3 unspecified atom stereocenters. The molecule has 2 bridgehead atoms. The number of para-hydroxylation sites is 2. The van der Waals surface area contributed by atoms with Gasteiger partial charge in [0.2, 0.25) is 0 Å². The topological polar surface area (TPSA) is 30.3 Å². The predicted molar refractivity (Wildman–Crippen MR) is 122 cm³/mol. The molecule has 3 aromatic rings. The van der Waals surface area contributed by atoms with E-state index >= 15 is 0 Å². The lowest BCUT2D eigenvalue weighted by Crippen LogP contribution is -2.44. The summed E-state index contributed by atoms with van der Waals surface area (Å²) in [6, 6.07) is 22.1. The van der Waals surface area contributed by atoms with Gasteiger partial charge in [0.15, 0.2) is 0 Å². The molecule has 0 amide bonds. The molecule has 4 heteroatoms. The second-order valence-corrected chi connectivity index (χ2v) is 9.03. The van der Waals surface area contributed by atoms with Crippen LogP contribution in [-0.4, -0.2) is 39.7 Å². The summed E-state index contributed by atoms with van der Waals surface area (Å²) in [5, 5.41) is 0. The van der Waals surface area contributed by atoms with Crippen molar-refractivity contribution in [3.8, 4) is 6.01 Å². The van der Waals surface area contributed by atoms with Crippen LogP contribution in [0.5, 0.6) is 6.01 Å². The number of aromatic nitrogens is 2. The fourth-order valence-electron chi connectivity index (χ4n) is 5.72. The van der Waals surface area contributed by atoms with Crippen LogP contribution in [0.25, 0.3) is 11.0 Å². The third-order valence-electron chi connectivity index (χ3n) is 7.25. The first-order chi connectivity index (χ1) is 14.7. The van der Waals surface area contributed by atoms with Crippen molar-refractivity contribution in [2.45, 2.75) is 70.0 Å². The first-order valence-corrected chi connectivity index (χ1v) is 11.6. The zero-order chi connectivity index (χ0) is 20.5. The van der Waals surface area contributed by atoms with E-state index < -0.39 is 0 Å². The summed E-state index contributed by atoms with van der Waals surface area (Å²) in [6.45, 7) is 6.29. The van der Waals surface area contributed by atoms with E-state index in [2.05, 4.69) is 71.0 Å². The van der Waals surface area contributed by atoms with Crippen molar-refractivity contribution in [3.63, 3.8) is 0 Å². The van der Waals surface area contributed by atoms with Crippen LogP contribution in [0.2, 0.25) is 0 Å². The highest BCUT2D eigenvalue weighted by molar-refractivity contribution is 5.76. The maximum absolute atomic E-state index is 5.96. The Labute approximate surface area is 179 Å². The Hall–Kier alpha value is -2.33. The molecule has 2 fully saturated rings. The van der Waals surface area contributed by atoms with Gasteiger partial charge >= 0.3 is 0 Å². The molecule has 2 aromatic carbocycles. The molecule has 0 spiro atoms. The van der Waals surface area contributed by atoms with Gasteiger partial charge in [-0.1, -0.05) is 49.4 Å². The Balaban J connectivity index is 1.31. The molecular formula is C26H33N3O.